The standard InChI is InChI=1S/C20H29N5O/c1-12(2)16-17(21)15-11-22-20(23-13-7-4-3-5-8-13)24-18(15)25(19(16)26)14-9-6-10-14/h11-14H,3-10,21H2,1-2H3,(H,22,23,24). The third-order valence-electron chi connectivity index (χ3n) is 5.98. The maximum atomic E-state index is 13.2. The summed E-state index contributed by atoms with van der Waals surface area (Å²) in [7, 11) is 0. The predicted molar refractivity (Wildman–Crippen MR) is 106 cm³/mol. The summed E-state index contributed by atoms with van der Waals surface area (Å²) in [6, 6.07) is 0.665. The van der Waals surface area contributed by atoms with Gasteiger partial charge < -0.3 is 11.1 Å². The summed E-state index contributed by atoms with van der Waals surface area (Å²) in [5, 5.41) is 4.27. The molecule has 2 saturated carbocycles. The number of hydrogen-bond acceptors (Lipinski definition) is 5. The number of nitrogen functional groups attached to an aromatic ring is 1. The van der Waals surface area contributed by atoms with Crippen LogP contribution < -0.4 is 16.6 Å². The highest BCUT2D eigenvalue weighted by Gasteiger charge is 2.27. The molecule has 0 bridgehead atoms. The van der Waals surface area contributed by atoms with Crippen LogP contribution in [0.2, 0.25) is 0 Å². The zero-order valence-electron chi connectivity index (χ0n) is 15.8. The lowest BCUT2D eigenvalue weighted by Gasteiger charge is -2.30. The van der Waals surface area contributed by atoms with Crippen molar-refractivity contribution in [1.82, 2.24) is 14.5 Å². The number of nitrogens with one attached hydrogen (secondary N) is 1. The van der Waals surface area contributed by atoms with Crippen LogP contribution in [0, 0.1) is 0 Å². The SMILES string of the molecule is CC(C)c1c(N)c2cnc(NC3CCCCC3)nc2n(C2CCC2)c1=O. The molecular formula is C20H29N5O. The second-order valence-corrected chi connectivity index (χ2v) is 8.15. The van der Waals surface area contributed by atoms with E-state index in [-0.39, 0.29) is 17.5 Å². The smallest absolute Gasteiger partial charge is 0.258 e. The lowest BCUT2D eigenvalue weighted by molar-refractivity contribution is 0.312. The first-order valence-corrected chi connectivity index (χ1v) is 10.0. The molecule has 2 fully saturated rings. The fraction of sp³-hybridized carbons (Fsp3) is 0.650. The first-order chi connectivity index (χ1) is 12.6. The molecule has 0 spiro atoms. The van der Waals surface area contributed by atoms with Crippen molar-refractivity contribution in [3.8, 4) is 0 Å². The van der Waals surface area contributed by atoms with Crippen LogP contribution in [-0.2, 0) is 0 Å². The minimum Gasteiger partial charge on any atom is -0.398 e. The van der Waals surface area contributed by atoms with Crippen molar-refractivity contribution in [1.29, 1.82) is 0 Å². The van der Waals surface area contributed by atoms with Crippen molar-refractivity contribution in [2.24, 2.45) is 0 Å². The molecule has 6 nitrogen and oxygen atoms in total. The van der Waals surface area contributed by atoms with Gasteiger partial charge in [0.1, 0.15) is 0 Å². The molecule has 4 rings (SSSR count). The average molecular weight is 355 g/mol. The molecule has 2 aromatic rings. The number of nitrogens with zero attached hydrogens (tertiary/aromatic N) is 3. The normalized spacial score (nSPS) is 19.0. The summed E-state index contributed by atoms with van der Waals surface area (Å²) in [5.74, 6) is 0.701. The minimum atomic E-state index is 0.0250. The van der Waals surface area contributed by atoms with Gasteiger partial charge in [0.2, 0.25) is 5.95 Å². The molecule has 2 heterocycles. The molecule has 2 aliphatic rings. The van der Waals surface area contributed by atoms with Gasteiger partial charge in [-0.1, -0.05) is 33.1 Å². The lowest BCUT2D eigenvalue weighted by atomic mass is 9.91. The van der Waals surface area contributed by atoms with Crippen molar-refractivity contribution in [3.05, 3.63) is 22.1 Å². The van der Waals surface area contributed by atoms with Crippen LogP contribution in [0.4, 0.5) is 11.6 Å². The molecule has 0 amide bonds. The summed E-state index contributed by atoms with van der Waals surface area (Å²) in [6.07, 6.45) is 11.2. The molecule has 0 atom stereocenters. The zero-order chi connectivity index (χ0) is 18.3. The number of fused-ring (bicyclic) bond motifs is 1. The van der Waals surface area contributed by atoms with Crippen molar-refractivity contribution in [2.75, 3.05) is 11.1 Å². The van der Waals surface area contributed by atoms with E-state index in [0.29, 0.717) is 28.9 Å². The highest BCUT2D eigenvalue weighted by atomic mass is 16.1. The van der Waals surface area contributed by atoms with Gasteiger partial charge in [-0.2, -0.15) is 4.98 Å². The van der Waals surface area contributed by atoms with Crippen molar-refractivity contribution < 1.29 is 0 Å². The van der Waals surface area contributed by atoms with E-state index in [1.54, 1.807) is 6.20 Å². The van der Waals surface area contributed by atoms with Gasteiger partial charge in [-0.25, -0.2) is 4.98 Å². The second-order valence-electron chi connectivity index (χ2n) is 8.15. The van der Waals surface area contributed by atoms with Crippen LogP contribution in [0.1, 0.15) is 82.7 Å². The molecule has 0 radical (unpaired) electrons. The number of nitrogens with two attached hydrogens (primary N) is 1. The maximum Gasteiger partial charge on any atom is 0.258 e. The molecule has 6 heteroatoms. The van der Waals surface area contributed by atoms with E-state index in [4.69, 9.17) is 10.7 Å². The maximum absolute atomic E-state index is 13.2. The highest BCUT2D eigenvalue weighted by Crippen LogP contribution is 2.35. The minimum absolute atomic E-state index is 0.0250. The Labute approximate surface area is 154 Å². The molecule has 140 valence electrons. The molecule has 2 aliphatic carbocycles. The summed E-state index contributed by atoms with van der Waals surface area (Å²) < 4.78 is 1.89. The van der Waals surface area contributed by atoms with Gasteiger partial charge in [-0.05, 0) is 38.0 Å². The molecule has 0 saturated heterocycles. The predicted octanol–water partition coefficient (Wildman–Crippen LogP) is 3.97. The molecule has 2 aromatic heterocycles. The Morgan fingerprint density at radius 2 is 1.88 bits per heavy atom. The number of pyridine rings is 1. The quantitative estimate of drug-likeness (QED) is 0.867. The summed E-state index contributed by atoms with van der Waals surface area (Å²) in [6.45, 7) is 4.04. The van der Waals surface area contributed by atoms with Crippen LogP contribution >= 0.6 is 0 Å². The molecule has 3 N–H and O–H groups in total. The largest absolute Gasteiger partial charge is 0.398 e. The second kappa shape index (κ2) is 6.89. The molecule has 26 heavy (non-hydrogen) atoms. The summed E-state index contributed by atoms with van der Waals surface area (Å²) in [5.41, 5.74) is 8.32. The Bertz CT molecular complexity index is 863. The number of rotatable bonds is 4. The molecule has 0 unspecified atom stereocenters. The Kier molecular flexibility index (Phi) is 4.59. The summed E-state index contributed by atoms with van der Waals surface area (Å²) in [4.78, 5) is 22.5. The average Bonchev–Trinajstić information content (AvgIpc) is 2.57. The van der Waals surface area contributed by atoms with Crippen LogP contribution in [0.25, 0.3) is 11.0 Å². The third-order valence-corrected chi connectivity index (χ3v) is 5.98. The lowest BCUT2D eigenvalue weighted by Crippen LogP contribution is -2.33. The fourth-order valence-electron chi connectivity index (χ4n) is 4.27. The van der Waals surface area contributed by atoms with Gasteiger partial charge in [0.05, 0.1) is 11.1 Å². The van der Waals surface area contributed by atoms with Gasteiger partial charge >= 0.3 is 0 Å². The van der Waals surface area contributed by atoms with Crippen molar-refractivity contribution >= 4 is 22.7 Å². The number of anilines is 2. The number of aromatic nitrogens is 3. The molecule has 0 aliphatic heterocycles. The number of hydrogen-bond donors (Lipinski definition) is 2. The highest BCUT2D eigenvalue weighted by molar-refractivity contribution is 5.89. The summed E-state index contributed by atoms with van der Waals surface area (Å²) >= 11 is 0. The van der Waals surface area contributed by atoms with Gasteiger partial charge in [0.15, 0.2) is 5.65 Å². The van der Waals surface area contributed by atoms with Crippen LogP contribution in [0.15, 0.2) is 11.0 Å². The zero-order valence-corrected chi connectivity index (χ0v) is 15.8. The monoisotopic (exact) mass is 355 g/mol. The third kappa shape index (κ3) is 2.95. The van der Waals surface area contributed by atoms with Crippen LogP contribution in [0.5, 0.6) is 0 Å². The van der Waals surface area contributed by atoms with E-state index >= 15 is 0 Å². The van der Waals surface area contributed by atoms with Crippen LogP contribution in [0.3, 0.4) is 0 Å². The molecular weight excluding hydrogens is 326 g/mol. The Morgan fingerprint density at radius 3 is 2.50 bits per heavy atom. The Hall–Kier alpha value is -2.11. The first-order valence-electron chi connectivity index (χ1n) is 10.0. The van der Waals surface area contributed by atoms with E-state index in [2.05, 4.69) is 10.3 Å². The van der Waals surface area contributed by atoms with E-state index in [1.807, 2.05) is 18.4 Å². The van der Waals surface area contributed by atoms with Crippen molar-refractivity contribution in [3.63, 3.8) is 0 Å². The Morgan fingerprint density at radius 1 is 1.15 bits per heavy atom. The fourth-order valence-corrected chi connectivity index (χ4v) is 4.27. The van der Waals surface area contributed by atoms with E-state index in [0.717, 1.165) is 37.5 Å². The molecule has 0 aromatic carbocycles. The van der Waals surface area contributed by atoms with Gasteiger partial charge in [-0.15, -0.1) is 0 Å². The van der Waals surface area contributed by atoms with Crippen LogP contribution in [-0.4, -0.2) is 20.6 Å². The van der Waals surface area contributed by atoms with E-state index in [1.165, 1.54) is 19.3 Å². The van der Waals surface area contributed by atoms with Crippen molar-refractivity contribution in [2.45, 2.75) is 83.2 Å². The van der Waals surface area contributed by atoms with E-state index < -0.39 is 0 Å². The van der Waals surface area contributed by atoms with Gasteiger partial charge in [0.25, 0.3) is 5.56 Å². The van der Waals surface area contributed by atoms with Gasteiger partial charge in [-0.3, -0.25) is 9.36 Å². The Balaban J connectivity index is 1.82. The topological polar surface area (TPSA) is 85.8 Å². The van der Waals surface area contributed by atoms with Gasteiger partial charge in [0, 0.05) is 23.8 Å². The van der Waals surface area contributed by atoms with E-state index in [9.17, 15) is 4.79 Å². The first kappa shape index (κ1) is 17.3.